The minimum absolute atomic E-state index is 0.0239. The number of hydrogen-bond acceptors (Lipinski definition) is 2. The molecule has 0 aromatic heterocycles. The highest BCUT2D eigenvalue weighted by atomic mass is 16.1. The van der Waals surface area contributed by atoms with E-state index in [0.29, 0.717) is 12.1 Å². The summed E-state index contributed by atoms with van der Waals surface area (Å²) in [6.07, 6.45) is 4.68. The quantitative estimate of drug-likeness (QED) is 0.751. The Morgan fingerprint density at radius 1 is 1.29 bits per heavy atom. The van der Waals surface area contributed by atoms with Gasteiger partial charge in [-0.3, -0.25) is 9.59 Å². The van der Waals surface area contributed by atoms with E-state index in [1.54, 1.807) is 12.1 Å². The van der Waals surface area contributed by atoms with E-state index in [1.165, 1.54) is 6.92 Å². The highest BCUT2D eigenvalue weighted by Crippen LogP contribution is 2.06. The number of nitrogens with two attached hydrogens (primary N) is 1. The monoisotopic (exact) mass is 232 g/mol. The smallest absolute Gasteiger partial charge is 0.248 e. The van der Waals surface area contributed by atoms with Gasteiger partial charge in [0.2, 0.25) is 11.8 Å². The van der Waals surface area contributed by atoms with Crippen molar-refractivity contribution in [3.63, 3.8) is 0 Å². The second-order valence-electron chi connectivity index (χ2n) is 3.66. The summed E-state index contributed by atoms with van der Waals surface area (Å²) in [5, 5.41) is 2.70. The molecule has 17 heavy (non-hydrogen) atoms. The van der Waals surface area contributed by atoms with Crippen molar-refractivity contribution in [3.05, 3.63) is 41.5 Å². The summed E-state index contributed by atoms with van der Waals surface area (Å²) in [6, 6.07) is 7.04. The van der Waals surface area contributed by atoms with Crippen LogP contribution in [0.2, 0.25) is 0 Å². The summed E-state index contributed by atoms with van der Waals surface area (Å²) >= 11 is 0. The van der Waals surface area contributed by atoms with E-state index >= 15 is 0 Å². The average Bonchev–Trinajstić information content (AvgIpc) is 2.29. The SMILES string of the molecule is CC(=O)NCCC=Cc1ccc(C(N)=O)cc1. The first kappa shape index (κ1) is 13.0. The highest BCUT2D eigenvalue weighted by molar-refractivity contribution is 5.92. The maximum absolute atomic E-state index is 10.8. The normalized spacial score (nSPS) is 10.4. The molecule has 3 N–H and O–H groups in total. The van der Waals surface area contributed by atoms with Crippen molar-refractivity contribution in [3.8, 4) is 0 Å². The van der Waals surface area contributed by atoms with Gasteiger partial charge in [-0.15, -0.1) is 0 Å². The minimum atomic E-state index is -0.425. The molecule has 90 valence electrons. The molecule has 0 aliphatic rings. The number of hydrogen-bond donors (Lipinski definition) is 2. The average molecular weight is 232 g/mol. The van der Waals surface area contributed by atoms with Crippen LogP contribution in [-0.4, -0.2) is 18.4 Å². The van der Waals surface area contributed by atoms with Gasteiger partial charge in [-0.1, -0.05) is 24.3 Å². The van der Waals surface area contributed by atoms with E-state index in [9.17, 15) is 9.59 Å². The Kier molecular flexibility index (Phi) is 4.94. The Balaban J connectivity index is 2.43. The van der Waals surface area contributed by atoms with E-state index in [4.69, 9.17) is 5.73 Å². The molecular formula is C13H16N2O2. The molecule has 0 saturated heterocycles. The summed E-state index contributed by atoms with van der Waals surface area (Å²) in [5.74, 6) is -0.449. The molecular weight excluding hydrogens is 216 g/mol. The van der Waals surface area contributed by atoms with Gasteiger partial charge < -0.3 is 11.1 Å². The first-order valence-electron chi connectivity index (χ1n) is 5.40. The number of carbonyl (C=O) groups is 2. The molecule has 0 saturated carbocycles. The molecule has 2 amide bonds. The van der Waals surface area contributed by atoms with E-state index in [0.717, 1.165) is 12.0 Å². The van der Waals surface area contributed by atoms with E-state index in [-0.39, 0.29) is 5.91 Å². The third kappa shape index (κ3) is 4.97. The number of nitrogens with one attached hydrogen (secondary N) is 1. The van der Waals surface area contributed by atoms with Gasteiger partial charge in [0, 0.05) is 19.0 Å². The largest absolute Gasteiger partial charge is 0.366 e. The van der Waals surface area contributed by atoms with Crippen LogP contribution < -0.4 is 11.1 Å². The van der Waals surface area contributed by atoms with Crippen LogP contribution in [0.1, 0.15) is 29.3 Å². The lowest BCUT2D eigenvalue weighted by atomic mass is 10.1. The zero-order chi connectivity index (χ0) is 12.7. The van der Waals surface area contributed by atoms with Crippen LogP contribution in [0.5, 0.6) is 0 Å². The van der Waals surface area contributed by atoms with Crippen molar-refractivity contribution in [1.29, 1.82) is 0 Å². The maximum atomic E-state index is 10.8. The predicted molar refractivity (Wildman–Crippen MR) is 67.3 cm³/mol. The molecule has 4 nitrogen and oxygen atoms in total. The van der Waals surface area contributed by atoms with E-state index in [2.05, 4.69) is 5.32 Å². The van der Waals surface area contributed by atoms with Gasteiger partial charge in [0.05, 0.1) is 0 Å². The second-order valence-corrected chi connectivity index (χ2v) is 3.66. The van der Waals surface area contributed by atoms with Crippen LogP contribution in [0.25, 0.3) is 6.08 Å². The molecule has 0 aliphatic carbocycles. The van der Waals surface area contributed by atoms with Crippen LogP contribution in [0, 0.1) is 0 Å². The summed E-state index contributed by atoms with van der Waals surface area (Å²) in [4.78, 5) is 21.4. The summed E-state index contributed by atoms with van der Waals surface area (Å²) < 4.78 is 0. The molecule has 1 aromatic carbocycles. The minimum Gasteiger partial charge on any atom is -0.366 e. The van der Waals surface area contributed by atoms with Crippen molar-refractivity contribution < 1.29 is 9.59 Å². The molecule has 1 rings (SSSR count). The lowest BCUT2D eigenvalue weighted by Crippen LogP contribution is -2.20. The Morgan fingerprint density at radius 3 is 2.47 bits per heavy atom. The molecule has 0 radical (unpaired) electrons. The molecule has 0 aliphatic heterocycles. The standard InChI is InChI=1S/C13H16N2O2/c1-10(16)15-9-3-2-4-11-5-7-12(8-6-11)13(14)17/h2,4-8H,3,9H2,1H3,(H2,14,17)(H,15,16). The van der Waals surface area contributed by atoms with Gasteiger partial charge in [0.15, 0.2) is 0 Å². The molecule has 0 bridgehead atoms. The fourth-order valence-corrected chi connectivity index (χ4v) is 1.31. The van der Waals surface area contributed by atoms with Gasteiger partial charge in [0.1, 0.15) is 0 Å². The van der Waals surface area contributed by atoms with Crippen molar-refractivity contribution in [1.82, 2.24) is 5.32 Å². The summed E-state index contributed by atoms with van der Waals surface area (Å²) in [6.45, 7) is 2.12. The van der Waals surface area contributed by atoms with Crippen LogP contribution in [0.3, 0.4) is 0 Å². The van der Waals surface area contributed by atoms with Gasteiger partial charge in [-0.25, -0.2) is 0 Å². The molecule has 0 fully saturated rings. The first-order valence-corrected chi connectivity index (χ1v) is 5.40. The maximum Gasteiger partial charge on any atom is 0.248 e. The number of benzene rings is 1. The van der Waals surface area contributed by atoms with Gasteiger partial charge in [0.25, 0.3) is 0 Å². The van der Waals surface area contributed by atoms with Crippen molar-refractivity contribution >= 4 is 17.9 Å². The Morgan fingerprint density at radius 2 is 1.94 bits per heavy atom. The number of carbonyl (C=O) groups excluding carboxylic acids is 2. The lowest BCUT2D eigenvalue weighted by molar-refractivity contribution is -0.118. The van der Waals surface area contributed by atoms with E-state index < -0.39 is 5.91 Å². The summed E-state index contributed by atoms with van der Waals surface area (Å²) in [5.41, 5.74) is 6.63. The Bertz CT molecular complexity index is 422. The molecule has 0 atom stereocenters. The highest BCUT2D eigenvalue weighted by Gasteiger charge is 1.97. The van der Waals surface area contributed by atoms with Crippen LogP contribution in [0.15, 0.2) is 30.3 Å². The summed E-state index contributed by atoms with van der Waals surface area (Å²) in [7, 11) is 0. The van der Waals surface area contributed by atoms with Gasteiger partial charge >= 0.3 is 0 Å². The molecule has 1 aromatic rings. The molecule has 4 heteroatoms. The van der Waals surface area contributed by atoms with Crippen LogP contribution in [-0.2, 0) is 4.79 Å². The van der Waals surface area contributed by atoms with Crippen molar-refractivity contribution in [2.75, 3.05) is 6.54 Å². The zero-order valence-corrected chi connectivity index (χ0v) is 9.77. The number of amides is 2. The number of rotatable bonds is 5. The van der Waals surface area contributed by atoms with Crippen LogP contribution >= 0.6 is 0 Å². The first-order chi connectivity index (χ1) is 8.09. The Labute approximate surface area is 101 Å². The predicted octanol–water partition coefficient (Wildman–Crippen LogP) is 1.32. The van der Waals surface area contributed by atoms with E-state index in [1.807, 2.05) is 24.3 Å². The van der Waals surface area contributed by atoms with Gasteiger partial charge in [-0.2, -0.15) is 0 Å². The Hall–Kier alpha value is -2.10. The third-order valence-corrected chi connectivity index (χ3v) is 2.19. The van der Waals surface area contributed by atoms with Crippen LogP contribution in [0.4, 0.5) is 0 Å². The van der Waals surface area contributed by atoms with Crippen molar-refractivity contribution in [2.45, 2.75) is 13.3 Å². The molecule has 0 heterocycles. The molecule has 0 unspecified atom stereocenters. The van der Waals surface area contributed by atoms with Gasteiger partial charge in [-0.05, 0) is 24.1 Å². The second kappa shape index (κ2) is 6.48. The fraction of sp³-hybridized carbons (Fsp3) is 0.231. The third-order valence-electron chi connectivity index (χ3n) is 2.19. The number of primary amides is 1. The van der Waals surface area contributed by atoms with Crippen molar-refractivity contribution in [2.24, 2.45) is 5.73 Å². The zero-order valence-electron chi connectivity index (χ0n) is 9.77. The topological polar surface area (TPSA) is 72.2 Å². The molecule has 0 spiro atoms. The fourth-order valence-electron chi connectivity index (χ4n) is 1.31. The lowest BCUT2D eigenvalue weighted by Gasteiger charge is -1.98.